The van der Waals surface area contributed by atoms with E-state index in [4.69, 9.17) is 0 Å². The molecule has 4 heteroatoms. The Morgan fingerprint density at radius 3 is 2.62 bits per heavy atom. The first-order chi connectivity index (χ1) is 10.2. The topological polar surface area (TPSA) is 53.6 Å². The Morgan fingerprint density at radius 1 is 1.00 bits per heavy atom. The maximum absolute atomic E-state index is 4.26. The van der Waals surface area contributed by atoms with Crippen LogP contribution >= 0.6 is 0 Å². The SMILES string of the molecule is Cc1ccc(C)c(NCc2n[nH]nc2-c2ccccc2)c1. The van der Waals surface area contributed by atoms with Gasteiger partial charge in [0.25, 0.3) is 0 Å². The number of aryl methyl sites for hydroxylation is 2. The van der Waals surface area contributed by atoms with Gasteiger partial charge in [-0.2, -0.15) is 15.4 Å². The quantitative estimate of drug-likeness (QED) is 0.765. The molecule has 0 bridgehead atoms. The molecule has 0 unspecified atom stereocenters. The van der Waals surface area contributed by atoms with Crippen molar-refractivity contribution in [1.82, 2.24) is 15.4 Å². The normalized spacial score (nSPS) is 10.6. The van der Waals surface area contributed by atoms with Crippen LogP contribution < -0.4 is 5.32 Å². The summed E-state index contributed by atoms with van der Waals surface area (Å²) in [6.45, 7) is 4.84. The minimum absolute atomic E-state index is 0.644. The van der Waals surface area contributed by atoms with Gasteiger partial charge in [-0.25, -0.2) is 0 Å². The monoisotopic (exact) mass is 278 g/mol. The third kappa shape index (κ3) is 2.94. The first-order valence-electron chi connectivity index (χ1n) is 7.00. The van der Waals surface area contributed by atoms with Crippen LogP contribution in [-0.4, -0.2) is 15.4 Å². The summed E-state index contributed by atoms with van der Waals surface area (Å²) >= 11 is 0. The molecule has 1 heterocycles. The average Bonchev–Trinajstić information content (AvgIpc) is 2.97. The molecule has 0 atom stereocenters. The van der Waals surface area contributed by atoms with E-state index in [9.17, 15) is 0 Å². The van der Waals surface area contributed by atoms with Gasteiger partial charge in [-0.3, -0.25) is 0 Å². The molecule has 2 N–H and O–H groups in total. The van der Waals surface area contributed by atoms with Crippen molar-refractivity contribution in [3.63, 3.8) is 0 Å². The highest BCUT2D eigenvalue weighted by Crippen LogP contribution is 2.21. The van der Waals surface area contributed by atoms with Crippen molar-refractivity contribution in [3.8, 4) is 11.3 Å². The van der Waals surface area contributed by atoms with E-state index in [0.29, 0.717) is 6.54 Å². The number of aromatic amines is 1. The summed E-state index contributed by atoms with van der Waals surface area (Å²) in [5.74, 6) is 0. The van der Waals surface area contributed by atoms with Crippen LogP contribution in [0.15, 0.2) is 48.5 Å². The van der Waals surface area contributed by atoms with Crippen LogP contribution in [0.4, 0.5) is 5.69 Å². The molecule has 0 aliphatic heterocycles. The highest BCUT2D eigenvalue weighted by molar-refractivity contribution is 5.62. The zero-order valence-corrected chi connectivity index (χ0v) is 12.2. The second kappa shape index (κ2) is 5.79. The average molecular weight is 278 g/mol. The number of H-pyrrole nitrogens is 1. The van der Waals surface area contributed by atoms with Crippen LogP contribution in [0, 0.1) is 13.8 Å². The second-order valence-corrected chi connectivity index (χ2v) is 5.16. The largest absolute Gasteiger partial charge is 0.379 e. The number of anilines is 1. The predicted octanol–water partition coefficient (Wildman–Crippen LogP) is 3.70. The molecule has 0 aliphatic rings. The number of rotatable bonds is 4. The summed E-state index contributed by atoms with van der Waals surface area (Å²) in [5, 5.41) is 14.7. The molecule has 1 aromatic heterocycles. The number of aromatic nitrogens is 3. The van der Waals surface area contributed by atoms with E-state index in [1.165, 1.54) is 11.1 Å². The van der Waals surface area contributed by atoms with Gasteiger partial charge in [0, 0.05) is 11.3 Å². The van der Waals surface area contributed by atoms with Gasteiger partial charge in [-0.15, -0.1) is 0 Å². The Kier molecular flexibility index (Phi) is 3.69. The molecule has 0 saturated heterocycles. The molecule has 3 rings (SSSR count). The van der Waals surface area contributed by atoms with Crippen molar-refractivity contribution in [2.45, 2.75) is 20.4 Å². The van der Waals surface area contributed by atoms with Gasteiger partial charge in [-0.1, -0.05) is 42.5 Å². The first-order valence-corrected chi connectivity index (χ1v) is 7.00. The van der Waals surface area contributed by atoms with Crippen molar-refractivity contribution < 1.29 is 0 Å². The first kappa shape index (κ1) is 13.4. The minimum Gasteiger partial charge on any atom is -0.379 e. The molecular weight excluding hydrogens is 260 g/mol. The maximum atomic E-state index is 4.26. The molecule has 0 aliphatic carbocycles. The maximum Gasteiger partial charge on any atom is 0.117 e. The van der Waals surface area contributed by atoms with E-state index in [1.54, 1.807) is 0 Å². The summed E-state index contributed by atoms with van der Waals surface area (Å²) < 4.78 is 0. The lowest BCUT2D eigenvalue weighted by atomic mass is 10.1. The molecule has 0 fully saturated rings. The summed E-state index contributed by atoms with van der Waals surface area (Å²) in [5.41, 5.74) is 6.49. The van der Waals surface area contributed by atoms with Gasteiger partial charge >= 0.3 is 0 Å². The molecule has 4 nitrogen and oxygen atoms in total. The Morgan fingerprint density at radius 2 is 1.81 bits per heavy atom. The number of nitrogens with one attached hydrogen (secondary N) is 2. The van der Waals surface area contributed by atoms with Gasteiger partial charge in [0.15, 0.2) is 0 Å². The third-order valence-corrected chi connectivity index (χ3v) is 3.51. The number of nitrogens with zero attached hydrogens (tertiary/aromatic N) is 2. The fourth-order valence-corrected chi connectivity index (χ4v) is 2.31. The van der Waals surface area contributed by atoms with Gasteiger partial charge in [0.05, 0.1) is 6.54 Å². The van der Waals surface area contributed by atoms with Crippen molar-refractivity contribution >= 4 is 5.69 Å². The molecule has 0 saturated carbocycles. The summed E-state index contributed by atoms with van der Waals surface area (Å²) in [4.78, 5) is 0. The molecule has 106 valence electrons. The Hall–Kier alpha value is -2.62. The second-order valence-electron chi connectivity index (χ2n) is 5.16. The molecular formula is C17H18N4. The van der Waals surface area contributed by atoms with E-state index in [-0.39, 0.29) is 0 Å². The molecule has 2 aromatic carbocycles. The summed E-state index contributed by atoms with van der Waals surface area (Å²) in [6.07, 6.45) is 0. The smallest absolute Gasteiger partial charge is 0.117 e. The lowest BCUT2D eigenvalue weighted by Gasteiger charge is -2.09. The fourth-order valence-electron chi connectivity index (χ4n) is 2.31. The molecule has 21 heavy (non-hydrogen) atoms. The molecule has 3 aromatic rings. The highest BCUT2D eigenvalue weighted by atomic mass is 15.3. The fraction of sp³-hybridized carbons (Fsp3) is 0.176. The zero-order valence-electron chi connectivity index (χ0n) is 12.2. The van der Waals surface area contributed by atoms with Crippen LogP contribution in [0.25, 0.3) is 11.3 Å². The Bertz CT molecular complexity index is 732. The molecule has 0 radical (unpaired) electrons. The van der Waals surface area contributed by atoms with Crippen molar-refractivity contribution in [2.75, 3.05) is 5.32 Å². The van der Waals surface area contributed by atoms with Gasteiger partial charge in [0.1, 0.15) is 11.4 Å². The summed E-state index contributed by atoms with van der Waals surface area (Å²) in [7, 11) is 0. The van der Waals surface area contributed by atoms with Gasteiger partial charge in [-0.05, 0) is 31.0 Å². The number of hydrogen-bond acceptors (Lipinski definition) is 3. The van der Waals surface area contributed by atoms with Gasteiger partial charge < -0.3 is 5.32 Å². The number of hydrogen-bond donors (Lipinski definition) is 2. The molecule has 0 amide bonds. The van der Waals surface area contributed by atoms with E-state index in [2.05, 4.69) is 52.8 Å². The van der Waals surface area contributed by atoms with E-state index >= 15 is 0 Å². The van der Waals surface area contributed by atoms with Crippen molar-refractivity contribution in [2.24, 2.45) is 0 Å². The Balaban J connectivity index is 1.81. The lowest BCUT2D eigenvalue weighted by Crippen LogP contribution is -2.03. The van der Waals surface area contributed by atoms with E-state index < -0.39 is 0 Å². The van der Waals surface area contributed by atoms with Crippen molar-refractivity contribution in [3.05, 3.63) is 65.4 Å². The van der Waals surface area contributed by atoms with E-state index in [1.807, 2.05) is 30.3 Å². The van der Waals surface area contributed by atoms with Crippen LogP contribution in [-0.2, 0) is 6.54 Å². The van der Waals surface area contributed by atoms with Crippen molar-refractivity contribution in [1.29, 1.82) is 0 Å². The highest BCUT2D eigenvalue weighted by Gasteiger charge is 2.10. The van der Waals surface area contributed by atoms with Gasteiger partial charge in [0.2, 0.25) is 0 Å². The minimum atomic E-state index is 0.644. The third-order valence-electron chi connectivity index (χ3n) is 3.51. The standard InChI is InChI=1S/C17H18N4/c1-12-8-9-13(2)15(10-12)18-11-16-17(20-21-19-16)14-6-4-3-5-7-14/h3-10,18H,11H2,1-2H3,(H,19,20,21). The number of benzene rings is 2. The van der Waals surface area contributed by atoms with Crippen LogP contribution in [0.5, 0.6) is 0 Å². The zero-order chi connectivity index (χ0) is 14.7. The predicted molar refractivity (Wildman–Crippen MR) is 85.1 cm³/mol. The van der Waals surface area contributed by atoms with E-state index in [0.717, 1.165) is 22.6 Å². The summed E-state index contributed by atoms with van der Waals surface area (Å²) in [6, 6.07) is 16.5. The Labute approximate surface area is 124 Å². The van der Waals surface area contributed by atoms with Crippen LogP contribution in [0.2, 0.25) is 0 Å². The molecule has 0 spiro atoms. The van der Waals surface area contributed by atoms with Crippen LogP contribution in [0.1, 0.15) is 16.8 Å². The lowest BCUT2D eigenvalue weighted by molar-refractivity contribution is 0.911. The van der Waals surface area contributed by atoms with Crippen LogP contribution in [0.3, 0.4) is 0 Å².